The largest absolute Gasteiger partial charge is 0.493 e. The minimum Gasteiger partial charge on any atom is -0.493 e. The summed E-state index contributed by atoms with van der Waals surface area (Å²) >= 11 is 0. The van der Waals surface area contributed by atoms with E-state index in [0.29, 0.717) is 29.5 Å². The Morgan fingerprint density at radius 2 is 1.69 bits per heavy atom. The summed E-state index contributed by atoms with van der Waals surface area (Å²) in [6.45, 7) is 1.95. The van der Waals surface area contributed by atoms with E-state index in [1.165, 1.54) is 7.05 Å². The van der Waals surface area contributed by atoms with E-state index in [9.17, 15) is 13.2 Å². The predicted molar refractivity (Wildman–Crippen MR) is 111 cm³/mol. The van der Waals surface area contributed by atoms with Crippen LogP contribution < -0.4 is 23.8 Å². The Balaban J connectivity index is 1.94. The number of ether oxygens (including phenoxy) is 3. The fourth-order valence-electron chi connectivity index (χ4n) is 2.51. The number of sulfonamides is 1. The summed E-state index contributed by atoms with van der Waals surface area (Å²) in [6.07, 6.45) is 0.399. The first-order valence-electron chi connectivity index (χ1n) is 8.85. The van der Waals surface area contributed by atoms with Gasteiger partial charge >= 0.3 is 0 Å². The Kier molecular flexibility index (Phi) is 7.33. The normalized spacial score (nSPS) is 12.0. The van der Waals surface area contributed by atoms with E-state index in [2.05, 4.69) is 5.32 Å². The number of nitrogens with zero attached hydrogens (tertiary/aromatic N) is 1. The van der Waals surface area contributed by atoms with E-state index in [-0.39, 0.29) is 5.91 Å². The molecular weight excluding hydrogens is 396 g/mol. The van der Waals surface area contributed by atoms with Crippen molar-refractivity contribution in [3.63, 3.8) is 0 Å². The minimum absolute atomic E-state index is 0.280. The minimum atomic E-state index is -3.34. The van der Waals surface area contributed by atoms with Gasteiger partial charge in [0.15, 0.2) is 17.6 Å². The van der Waals surface area contributed by atoms with Crippen LogP contribution in [0.1, 0.15) is 12.5 Å². The van der Waals surface area contributed by atoms with Gasteiger partial charge in [-0.2, -0.15) is 0 Å². The van der Waals surface area contributed by atoms with Gasteiger partial charge in [-0.15, -0.1) is 0 Å². The molecule has 1 amide bonds. The molecule has 0 radical (unpaired) electrons. The molecule has 2 rings (SSSR count). The maximum Gasteiger partial charge on any atom is 0.261 e. The van der Waals surface area contributed by atoms with Crippen LogP contribution in [0.5, 0.6) is 17.2 Å². The number of nitrogens with one attached hydrogen (secondary N) is 1. The molecule has 0 aliphatic heterocycles. The second-order valence-corrected chi connectivity index (χ2v) is 8.41. The highest BCUT2D eigenvalue weighted by molar-refractivity contribution is 7.92. The fourth-order valence-corrected chi connectivity index (χ4v) is 3.01. The van der Waals surface area contributed by atoms with Crippen LogP contribution in [0.15, 0.2) is 42.5 Å². The third-order valence-electron chi connectivity index (χ3n) is 4.29. The van der Waals surface area contributed by atoms with Crippen LogP contribution in [0, 0.1) is 0 Å². The van der Waals surface area contributed by atoms with Crippen molar-refractivity contribution in [3.8, 4) is 17.2 Å². The SMILES string of the molecule is COc1ccc(CNC(=O)C(C)Oc2ccc(N(C)S(C)(=O)=O)cc2)cc1OC. The van der Waals surface area contributed by atoms with Crippen LogP contribution >= 0.6 is 0 Å². The zero-order valence-electron chi connectivity index (χ0n) is 17.1. The first kappa shape index (κ1) is 22.4. The predicted octanol–water partition coefficient (Wildman–Crippen LogP) is 2.18. The average Bonchev–Trinajstić information content (AvgIpc) is 2.70. The molecule has 2 aromatic carbocycles. The molecule has 0 saturated heterocycles. The second-order valence-electron chi connectivity index (χ2n) is 6.39. The summed E-state index contributed by atoms with van der Waals surface area (Å²) in [4.78, 5) is 12.3. The fraction of sp³-hybridized carbons (Fsp3) is 0.350. The maximum atomic E-state index is 12.3. The zero-order valence-corrected chi connectivity index (χ0v) is 17.9. The lowest BCUT2D eigenvalue weighted by atomic mass is 10.2. The van der Waals surface area contributed by atoms with Crippen molar-refractivity contribution in [3.05, 3.63) is 48.0 Å². The molecule has 0 spiro atoms. The van der Waals surface area contributed by atoms with Gasteiger partial charge in [0.05, 0.1) is 26.2 Å². The van der Waals surface area contributed by atoms with Crippen LogP contribution in [-0.4, -0.2) is 48.0 Å². The molecule has 0 fully saturated rings. The van der Waals surface area contributed by atoms with Crippen molar-refractivity contribution >= 4 is 21.6 Å². The van der Waals surface area contributed by atoms with Gasteiger partial charge in [-0.3, -0.25) is 9.10 Å². The Bertz CT molecular complexity index is 944. The van der Waals surface area contributed by atoms with Crippen LogP contribution in [0.2, 0.25) is 0 Å². The second kappa shape index (κ2) is 9.51. The maximum absolute atomic E-state index is 12.3. The molecule has 0 bridgehead atoms. The van der Waals surface area contributed by atoms with Crippen LogP contribution in [0.4, 0.5) is 5.69 Å². The third-order valence-corrected chi connectivity index (χ3v) is 5.50. The quantitative estimate of drug-likeness (QED) is 0.666. The van der Waals surface area contributed by atoms with E-state index in [4.69, 9.17) is 14.2 Å². The van der Waals surface area contributed by atoms with Gasteiger partial charge in [0.2, 0.25) is 10.0 Å². The first-order chi connectivity index (χ1) is 13.7. The first-order valence-corrected chi connectivity index (χ1v) is 10.7. The van der Waals surface area contributed by atoms with Gasteiger partial charge in [0, 0.05) is 13.6 Å². The summed E-state index contributed by atoms with van der Waals surface area (Å²) in [7, 11) is 1.24. The molecule has 0 aliphatic carbocycles. The highest BCUT2D eigenvalue weighted by Crippen LogP contribution is 2.27. The number of carbonyl (C=O) groups is 1. The van der Waals surface area contributed by atoms with Crippen LogP contribution in [0.25, 0.3) is 0 Å². The van der Waals surface area contributed by atoms with Crippen molar-refractivity contribution < 1.29 is 27.4 Å². The zero-order chi connectivity index (χ0) is 21.6. The van der Waals surface area contributed by atoms with Crippen LogP contribution in [0.3, 0.4) is 0 Å². The number of hydrogen-bond acceptors (Lipinski definition) is 6. The molecule has 1 unspecified atom stereocenters. The Morgan fingerprint density at radius 3 is 2.24 bits per heavy atom. The molecular formula is C20H26N2O6S. The topological polar surface area (TPSA) is 94.2 Å². The Morgan fingerprint density at radius 1 is 1.07 bits per heavy atom. The third kappa shape index (κ3) is 6.02. The summed E-state index contributed by atoms with van der Waals surface area (Å²) < 4.78 is 40.4. The molecule has 9 heteroatoms. The summed E-state index contributed by atoms with van der Waals surface area (Å²) in [5, 5.41) is 2.81. The molecule has 158 valence electrons. The summed E-state index contributed by atoms with van der Waals surface area (Å²) in [5.74, 6) is 1.38. The molecule has 0 aliphatic rings. The van der Waals surface area contributed by atoms with Crippen molar-refractivity contribution in [1.29, 1.82) is 0 Å². The van der Waals surface area contributed by atoms with Gasteiger partial charge < -0.3 is 19.5 Å². The number of amides is 1. The number of benzene rings is 2. The van der Waals surface area contributed by atoms with E-state index in [1.807, 2.05) is 6.07 Å². The summed E-state index contributed by atoms with van der Waals surface area (Å²) in [6, 6.07) is 11.9. The van der Waals surface area contributed by atoms with Gasteiger partial charge in [0.25, 0.3) is 5.91 Å². The number of hydrogen-bond donors (Lipinski definition) is 1. The van der Waals surface area contributed by atoms with E-state index < -0.39 is 16.1 Å². The number of carbonyl (C=O) groups excluding carboxylic acids is 1. The molecule has 0 heterocycles. The molecule has 29 heavy (non-hydrogen) atoms. The molecule has 0 saturated carbocycles. The van der Waals surface area contributed by atoms with Gasteiger partial charge in [-0.1, -0.05) is 6.07 Å². The molecule has 1 N–H and O–H groups in total. The molecule has 8 nitrogen and oxygen atoms in total. The standard InChI is InChI=1S/C20H26N2O6S/c1-14(28-17-9-7-16(8-10-17)22(2)29(5,24)25)20(23)21-13-15-6-11-18(26-3)19(12-15)27-4/h6-12,14H,13H2,1-5H3,(H,21,23). The lowest BCUT2D eigenvalue weighted by Gasteiger charge is -2.18. The number of rotatable bonds is 9. The van der Waals surface area contributed by atoms with E-state index >= 15 is 0 Å². The highest BCUT2D eigenvalue weighted by atomic mass is 32.2. The molecule has 0 aromatic heterocycles. The molecule has 2 aromatic rings. The van der Waals surface area contributed by atoms with Crippen molar-refractivity contribution in [2.24, 2.45) is 0 Å². The monoisotopic (exact) mass is 422 g/mol. The van der Waals surface area contributed by atoms with Gasteiger partial charge in [0.1, 0.15) is 5.75 Å². The highest BCUT2D eigenvalue weighted by Gasteiger charge is 2.16. The number of anilines is 1. The number of methoxy groups -OCH3 is 2. The van der Waals surface area contributed by atoms with E-state index in [1.54, 1.807) is 57.5 Å². The lowest BCUT2D eigenvalue weighted by molar-refractivity contribution is -0.127. The Labute approximate surface area is 171 Å². The van der Waals surface area contributed by atoms with Gasteiger partial charge in [-0.05, 0) is 48.9 Å². The van der Waals surface area contributed by atoms with E-state index in [0.717, 1.165) is 16.1 Å². The van der Waals surface area contributed by atoms with Crippen molar-refractivity contribution in [2.75, 3.05) is 31.8 Å². The van der Waals surface area contributed by atoms with Gasteiger partial charge in [-0.25, -0.2) is 8.42 Å². The average molecular weight is 423 g/mol. The Hall–Kier alpha value is -2.94. The van der Waals surface area contributed by atoms with Crippen LogP contribution in [-0.2, 0) is 21.4 Å². The molecule has 1 atom stereocenters. The lowest BCUT2D eigenvalue weighted by Crippen LogP contribution is -2.35. The van der Waals surface area contributed by atoms with Crippen molar-refractivity contribution in [1.82, 2.24) is 5.32 Å². The summed E-state index contributed by atoms with van der Waals surface area (Å²) in [5.41, 5.74) is 1.36. The smallest absolute Gasteiger partial charge is 0.261 e. The van der Waals surface area contributed by atoms with Crippen molar-refractivity contribution in [2.45, 2.75) is 19.6 Å².